The first-order chi connectivity index (χ1) is 8.20. The van der Waals surface area contributed by atoms with E-state index < -0.39 is 0 Å². The summed E-state index contributed by atoms with van der Waals surface area (Å²) in [6.07, 6.45) is 1.91. The lowest BCUT2D eigenvalue weighted by molar-refractivity contribution is -0.125. The average molecular weight is 236 g/mol. The quantitative estimate of drug-likeness (QED) is 0.863. The summed E-state index contributed by atoms with van der Waals surface area (Å²) in [7, 11) is 1.65. The van der Waals surface area contributed by atoms with Gasteiger partial charge in [-0.15, -0.1) is 0 Å². The Morgan fingerprint density at radius 3 is 3.12 bits per heavy atom. The van der Waals surface area contributed by atoms with Gasteiger partial charge in [0.15, 0.2) is 0 Å². The molecule has 1 aromatic rings. The number of rotatable bonds is 3. The Hall–Kier alpha value is -1.42. The van der Waals surface area contributed by atoms with Crippen molar-refractivity contribution in [2.45, 2.75) is 25.4 Å². The molecule has 1 heterocycles. The van der Waals surface area contributed by atoms with Gasteiger partial charge in [-0.3, -0.25) is 9.69 Å². The van der Waals surface area contributed by atoms with E-state index in [9.17, 15) is 9.18 Å². The number of hydrogen-bond acceptors (Lipinski definition) is 2. The molecule has 1 N–H and O–H groups in total. The number of nitrogens with zero attached hydrogens (tertiary/aromatic N) is 1. The molecule has 4 heteroatoms. The zero-order chi connectivity index (χ0) is 12.3. The average Bonchev–Trinajstić information content (AvgIpc) is 2.76. The van der Waals surface area contributed by atoms with Crippen molar-refractivity contribution < 1.29 is 9.18 Å². The molecule has 0 spiro atoms. The van der Waals surface area contributed by atoms with Gasteiger partial charge in [0.05, 0.1) is 6.04 Å². The molecule has 92 valence electrons. The van der Waals surface area contributed by atoms with Crippen LogP contribution in [0.15, 0.2) is 24.3 Å². The third kappa shape index (κ3) is 2.82. The number of halogens is 1. The van der Waals surface area contributed by atoms with E-state index in [-0.39, 0.29) is 17.8 Å². The van der Waals surface area contributed by atoms with Crippen LogP contribution in [0.2, 0.25) is 0 Å². The van der Waals surface area contributed by atoms with Crippen LogP contribution in [-0.4, -0.2) is 30.4 Å². The molecule has 1 amide bonds. The normalized spacial score (nSPS) is 20.5. The fourth-order valence-corrected chi connectivity index (χ4v) is 2.35. The summed E-state index contributed by atoms with van der Waals surface area (Å²) in [5.41, 5.74) is 0.917. The highest BCUT2D eigenvalue weighted by atomic mass is 19.1. The molecule has 3 nitrogen and oxygen atoms in total. The number of amides is 1. The van der Waals surface area contributed by atoms with Crippen molar-refractivity contribution in [2.24, 2.45) is 0 Å². The molecule has 1 fully saturated rings. The van der Waals surface area contributed by atoms with Crippen molar-refractivity contribution in [3.63, 3.8) is 0 Å². The van der Waals surface area contributed by atoms with Crippen molar-refractivity contribution in [1.82, 2.24) is 10.2 Å². The van der Waals surface area contributed by atoms with E-state index in [4.69, 9.17) is 0 Å². The van der Waals surface area contributed by atoms with Crippen molar-refractivity contribution in [3.8, 4) is 0 Å². The number of likely N-dealkylation sites (tertiary alicyclic amines) is 1. The number of hydrogen-bond donors (Lipinski definition) is 1. The van der Waals surface area contributed by atoms with E-state index in [2.05, 4.69) is 10.2 Å². The first-order valence-corrected chi connectivity index (χ1v) is 5.91. The van der Waals surface area contributed by atoms with Gasteiger partial charge < -0.3 is 5.32 Å². The second-order valence-corrected chi connectivity index (χ2v) is 4.37. The van der Waals surface area contributed by atoms with Crippen LogP contribution >= 0.6 is 0 Å². The molecule has 0 aliphatic carbocycles. The maximum atomic E-state index is 13.1. The van der Waals surface area contributed by atoms with Gasteiger partial charge >= 0.3 is 0 Å². The van der Waals surface area contributed by atoms with Gasteiger partial charge in [-0.2, -0.15) is 0 Å². The minimum atomic E-state index is -0.224. The molecule has 1 aliphatic rings. The Morgan fingerprint density at radius 2 is 2.41 bits per heavy atom. The van der Waals surface area contributed by atoms with Gasteiger partial charge in [0, 0.05) is 13.6 Å². The third-order valence-corrected chi connectivity index (χ3v) is 3.19. The first-order valence-electron chi connectivity index (χ1n) is 5.91. The highest BCUT2D eigenvalue weighted by Crippen LogP contribution is 2.20. The number of nitrogens with one attached hydrogen (secondary N) is 1. The summed E-state index contributed by atoms with van der Waals surface area (Å²) in [6.45, 7) is 1.53. The van der Waals surface area contributed by atoms with E-state index in [0.29, 0.717) is 6.54 Å². The molecule has 0 radical (unpaired) electrons. The zero-order valence-corrected chi connectivity index (χ0v) is 9.95. The number of likely N-dealkylation sites (N-methyl/N-ethyl adjacent to an activating group) is 1. The van der Waals surface area contributed by atoms with Crippen LogP contribution in [0.25, 0.3) is 0 Å². The lowest BCUT2D eigenvalue weighted by atomic mass is 10.1. The largest absolute Gasteiger partial charge is 0.358 e. The third-order valence-electron chi connectivity index (χ3n) is 3.19. The van der Waals surface area contributed by atoms with Crippen LogP contribution in [0.3, 0.4) is 0 Å². The minimum Gasteiger partial charge on any atom is -0.358 e. The number of carbonyl (C=O) groups is 1. The highest BCUT2D eigenvalue weighted by Gasteiger charge is 2.29. The zero-order valence-electron chi connectivity index (χ0n) is 9.95. The van der Waals surface area contributed by atoms with E-state index in [1.807, 2.05) is 6.07 Å². The number of carbonyl (C=O) groups excluding carboxylic acids is 1. The molecule has 0 saturated carbocycles. The molecular formula is C13H17FN2O. The fraction of sp³-hybridized carbons (Fsp3) is 0.462. The van der Waals surface area contributed by atoms with E-state index >= 15 is 0 Å². The van der Waals surface area contributed by atoms with Crippen molar-refractivity contribution in [2.75, 3.05) is 13.6 Å². The lowest BCUT2D eigenvalue weighted by Crippen LogP contribution is -2.41. The molecule has 1 unspecified atom stereocenters. The Kier molecular flexibility index (Phi) is 3.74. The van der Waals surface area contributed by atoms with Gasteiger partial charge in [0.1, 0.15) is 5.82 Å². The molecule has 1 aliphatic heterocycles. The second kappa shape index (κ2) is 5.27. The smallest absolute Gasteiger partial charge is 0.237 e. The lowest BCUT2D eigenvalue weighted by Gasteiger charge is -2.22. The van der Waals surface area contributed by atoms with Crippen LogP contribution in [0.1, 0.15) is 18.4 Å². The monoisotopic (exact) mass is 236 g/mol. The standard InChI is InChI=1S/C13H17FN2O/c1-15-13(17)12-6-3-7-16(12)9-10-4-2-5-11(14)8-10/h2,4-5,8,12H,3,6-7,9H2,1H3,(H,15,17). The summed E-state index contributed by atoms with van der Waals surface area (Å²) in [5.74, 6) is -0.169. The summed E-state index contributed by atoms with van der Waals surface area (Å²) >= 11 is 0. The fourth-order valence-electron chi connectivity index (χ4n) is 2.35. The first kappa shape index (κ1) is 12.0. The Bertz CT molecular complexity index is 408. The number of benzene rings is 1. The van der Waals surface area contributed by atoms with E-state index in [0.717, 1.165) is 24.9 Å². The van der Waals surface area contributed by atoms with Crippen LogP contribution in [-0.2, 0) is 11.3 Å². The molecule has 17 heavy (non-hydrogen) atoms. The molecule has 2 rings (SSSR count). The summed E-state index contributed by atoms with van der Waals surface area (Å²) in [6, 6.07) is 6.49. The topological polar surface area (TPSA) is 32.3 Å². The van der Waals surface area contributed by atoms with Crippen LogP contribution < -0.4 is 5.32 Å². The maximum Gasteiger partial charge on any atom is 0.237 e. The highest BCUT2D eigenvalue weighted by molar-refractivity contribution is 5.81. The molecule has 0 bridgehead atoms. The SMILES string of the molecule is CNC(=O)C1CCCN1Cc1cccc(F)c1. The van der Waals surface area contributed by atoms with E-state index in [1.165, 1.54) is 12.1 Å². The Labute approximate surface area is 101 Å². The maximum absolute atomic E-state index is 13.1. The van der Waals surface area contributed by atoms with Gasteiger partial charge in [0.25, 0.3) is 0 Å². The van der Waals surface area contributed by atoms with Crippen molar-refractivity contribution in [1.29, 1.82) is 0 Å². The van der Waals surface area contributed by atoms with Crippen LogP contribution in [0, 0.1) is 5.82 Å². The van der Waals surface area contributed by atoms with Gasteiger partial charge in [-0.25, -0.2) is 4.39 Å². The van der Waals surface area contributed by atoms with Gasteiger partial charge in [0.2, 0.25) is 5.91 Å². The molecular weight excluding hydrogens is 219 g/mol. The molecule has 0 aromatic heterocycles. The van der Waals surface area contributed by atoms with Gasteiger partial charge in [-0.1, -0.05) is 12.1 Å². The van der Waals surface area contributed by atoms with E-state index in [1.54, 1.807) is 13.1 Å². The molecule has 1 atom stereocenters. The minimum absolute atomic E-state index is 0.0545. The predicted molar refractivity (Wildman–Crippen MR) is 63.9 cm³/mol. The Morgan fingerprint density at radius 1 is 1.59 bits per heavy atom. The summed E-state index contributed by atoms with van der Waals surface area (Å²) < 4.78 is 13.1. The Balaban J connectivity index is 2.05. The second-order valence-electron chi connectivity index (χ2n) is 4.37. The summed E-state index contributed by atoms with van der Waals surface area (Å²) in [4.78, 5) is 13.8. The predicted octanol–water partition coefficient (Wildman–Crippen LogP) is 1.54. The summed E-state index contributed by atoms with van der Waals surface area (Å²) in [5, 5.41) is 2.68. The van der Waals surface area contributed by atoms with Crippen LogP contribution in [0.4, 0.5) is 4.39 Å². The van der Waals surface area contributed by atoms with Crippen molar-refractivity contribution in [3.05, 3.63) is 35.6 Å². The molecule has 1 saturated heterocycles. The molecule has 1 aromatic carbocycles. The van der Waals surface area contributed by atoms with Crippen molar-refractivity contribution >= 4 is 5.91 Å². The van der Waals surface area contributed by atoms with Crippen LogP contribution in [0.5, 0.6) is 0 Å². The van der Waals surface area contributed by atoms with Gasteiger partial charge in [-0.05, 0) is 37.1 Å².